The minimum atomic E-state index is 0.225. The van der Waals surface area contributed by atoms with Gasteiger partial charge in [0.25, 0.3) is 0 Å². The van der Waals surface area contributed by atoms with Gasteiger partial charge in [-0.2, -0.15) is 5.26 Å². The van der Waals surface area contributed by atoms with Gasteiger partial charge in [-0.15, -0.1) is 0 Å². The van der Waals surface area contributed by atoms with Crippen LogP contribution in [0.5, 0.6) is 0 Å². The molecule has 0 amide bonds. The molecule has 0 spiro atoms. The molecule has 0 fully saturated rings. The lowest BCUT2D eigenvalue weighted by Crippen LogP contribution is -2.05. The first kappa shape index (κ1) is 16.0. The molecule has 3 nitrogen and oxygen atoms in total. The number of rotatable bonds is 3. The quantitative estimate of drug-likeness (QED) is 0.726. The van der Waals surface area contributed by atoms with Gasteiger partial charge >= 0.3 is 0 Å². The van der Waals surface area contributed by atoms with E-state index in [0.29, 0.717) is 17.0 Å². The van der Waals surface area contributed by atoms with Crippen LogP contribution in [0.4, 0.5) is 5.82 Å². The van der Waals surface area contributed by atoms with Gasteiger partial charge in [-0.1, -0.05) is 67.1 Å². The van der Waals surface area contributed by atoms with Crippen LogP contribution in [0.15, 0.2) is 54.6 Å². The van der Waals surface area contributed by atoms with E-state index < -0.39 is 0 Å². The van der Waals surface area contributed by atoms with Gasteiger partial charge in [-0.25, -0.2) is 4.98 Å². The normalized spacial score (nSPS) is 10.4. The lowest BCUT2D eigenvalue weighted by molar-refractivity contribution is 1.11. The van der Waals surface area contributed by atoms with Crippen LogP contribution in [0, 0.1) is 11.3 Å². The van der Waals surface area contributed by atoms with E-state index in [1.165, 1.54) is 0 Å². The minimum Gasteiger partial charge on any atom is -0.383 e. The number of nitrogens with zero attached hydrogens (tertiary/aromatic N) is 2. The van der Waals surface area contributed by atoms with Gasteiger partial charge in [-0.3, -0.25) is 0 Å². The van der Waals surface area contributed by atoms with Gasteiger partial charge in [0.1, 0.15) is 17.5 Å². The minimum absolute atomic E-state index is 0.225. The summed E-state index contributed by atoms with van der Waals surface area (Å²) in [6.45, 7) is 2.04. The zero-order valence-electron chi connectivity index (χ0n) is 13.3. The van der Waals surface area contributed by atoms with E-state index in [1.54, 1.807) is 0 Å². The summed E-state index contributed by atoms with van der Waals surface area (Å²) in [5, 5.41) is 10.2. The molecule has 0 aliphatic rings. The van der Waals surface area contributed by atoms with Crippen LogP contribution in [0.3, 0.4) is 0 Å². The highest BCUT2D eigenvalue weighted by molar-refractivity contribution is 6.33. The maximum Gasteiger partial charge on any atom is 0.142 e. The molecule has 0 radical (unpaired) electrons. The number of halogens is 1. The van der Waals surface area contributed by atoms with Gasteiger partial charge in [0.05, 0.1) is 5.69 Å². The van der Waals surface area contributed by atoms with Crippen molar-refractivity contribution in [2.75, 3.05) is 5.73 Å². The van der Waals surface area contributed by atoms with Gasteiger partial charge in [0.2, 0.25) is 0 Å². The SMILES string of the molecule is CCc1c(-c2ccccc2)nc(N)c(C#N)c1-c1ccccc1Cl. The first-order valence-corrected chi connectivity index (χ1v) is 8.08. The van der Waals surface area contributed by atoms with Crippen LogP contribution in [0.1, 0.15) is 18.1 Å². The third-order valence-electron chi connectivity index (χ3n) is 3.98. The average molecular weight is 334 g/mol. The Balaban J connectivity index is 2.41. The Kier molecular flexibility index (Phi) is 4.50. The smallest absolute Gasteiger partial charge is 0.142 e. The summed E-state index contributed by atoms with van der Waals surface area (Å²) in [5.74, 6) is 0.225. The molecule has 118 valence electrons. The van der Waals surface area contributed by atoms with Crippen molar-refractivity contribution in [2.45, 2.75) is 13.3 Å². The van der Waals surface area contributed by atoms with Crippen LogP contribution in [0.2, 0.25) is 5.02 Å². The predicted molar refractivity (Wildman–Crippen MR) is 98.6 cm³/mol. The summed E-state index contributed by atoms with van der Waals surface area (Å²) in [7, 11) is 0. The highest BCUT2D eigenvalue weighted by atomic mass is 35.5. The zero-order valence-corrected chi connectivity index (χ0v) is 14.0. The maximum absolute atomic E-state index is 9.62. The summed E-state index contributed by atoms with van der Waals surface area (Å²) in [6, 6.07) is 19.5. The molecule has 4 heteroatoms. The second-order valence-electron chi connectivity index (χ2n) is 5.39. The van der Waals surface area contributed by atoms with Crippen molar-refractivity contribution in [2.24, 2.45) is 0 Å². The first-order chi connectivity index (χ1) is 11.7. The number of hydrogen-bond donors (Lipinski definition) is 1. The molecule has 1 aromatic heterocycles. The van der Waals surface area contributed by atoms with E-state index in [1.807, 2.05) is 61.5 Å². The van der Waals surface area contributed by atoms with E-state index in [-0.39, 0.29) is 5.82 Å². The Morgan fingerprint density at radius 1 is 1.08 bits per heavy atom. The molecule has 0 saturated heterocycles. The largest absolute Gasteiger partial charge is 0.383 e. The van der Waals surface area contributed by atoms with E-state index >= 15 is 0 Å². The van der Waals surface area contributed by atoms with Gasteiger partial charge in [0.15, 0.2) is 0 Å². The van der Waals surface area contributed by atoms with Crippen LogP contribution < -0.4 is 5.73 Å². The van der Waals surface area contributed by atoms with Crippen molar-refractivity contribution in [3.05, 3.63) is 70.7 Å². The number of nitriles is 1. The average Bonchev–Trinajstić information content (AvgIpc) is 2.62. The topological polar surface area (TPSA) is 62.7 Å². The van der Waals surface area contributed by atoms with E-state index in [0.717, 1.165) is 27.9 Å². The molecule has 0 unspecified atom stereocenters. The van der Waals surface area contributed by atoms with Crippen molar-refractivity contribution in [1.82, 2.24) is 4.98 Å². The summed E-state index contributed by atoms with van der Waals surface area (Å²) in [5.41, 5.74) is 10.8. The number of benzene rings is 2. The van der Waals surface area contributed by atoms with E-state index in [9.17, 15) is 5.26 Å². The third-order valence-corrected chi connectivity index (χ3v) is 4.31. The molecule has 1 heterocycles. The fraction of sp³-hybridized carbons (Fsp3) is 0.100. The summed E-state index contributed by atoms with van der Waals surface area (Å²) < 4.78 is 0. The van der Waals surface area contributed by atoms with Crippen LogP contribution >= 0.6 is 11.6 Å². The lowest BCUT2D eigenvalue weighted by Gasteiger charge is -2.17. The predicted octanol–water partition coefficient (Wildman–Crippen LogP) is 5.09. The van der Waals surface area contributed by atoms with Crippen LogP contribution in [-0.4, -0.2) is 4.98 Å². The molecule has 0 aliphatic carbocycles. The molecule has 0 bridgehead atoms. The highest BCUT2D eigenvalue weighted by Crippen LogP contribution is 2.39. The second-order valence-corrected chi connectivity index (χ2v) is 5.79. The Morgan fingerprint density at radius 3 is 2.38 bits per heavy atom. The second kappa shape index (κ2) is 6.74. The van der Waals surface area contributed by atoms with Crippen molar-refractivity contribution in [3.8, 4) is 28.5 Å². The molecule has 3 aromatic rings. The van der Waals surface area contributed by atoms with E-state index in [4.69, 9.17) is 17.3 Å². The van der Waals surface area contributed by atoms with Crippen molar-refractivity contribution >= 4 is 17.4 Å². The highest BCUT2D eigenvalue weighted by Gasteiger charge is 2.21. The summed E-state index contributed by atoms with van der Waals surface area (Å²) in [6.07, 6.45) is 0.715. The summed E-state index contributed by atoms with van der Waals surface area (Å²) >= 11 is 6.40. The molecule has 3 rings (SSSR count). The molecule has 0 aliphatic heterocycles. The Labute approximate surface area is 146 Å². The molecular formula is C20H16ClN3. The van der Waals surface area contributed by atoms with Gasteiger partial charge in [-0.05, 0) is 18.1 Å². The number of hydrogen-bond acceptors (Lipinski definition) is 3. The molecule has 0 saturated carbocycles. The van der Waals surface area contributed by atoms with Crippen LogP contribution in [0.25, 0.3) is 22.4 Å². The first-order valence-electron chi connectivity index (χ1n) is 7.70. The molecule has 24 heavy (non-hydrogen) atoms. The molecule has 2 aromatic carbocycles. The molecule has 0 atom stereocenters. The maximum atomic E-state index is 9.62. The van der Waals surface area contributed by atoms with Gasteiger partial charge in [0, 0.05) is 21.7 Å². The van der Waals surface area contributed by atoms with Crippen molar-refractivity contribution in [3.63, 3.8) is 0 Å². The van der Waals surface area contributed by atoms with Crippen molar-refractivity contribution in [1.29, 1.82) is 5.26 Å². The fourth-order valence-electron chi connectivity index (χ4n) is 2.89. The Hall–Kier alpha value is -2.83. The zero-order chi connectivity index (χ0) is 17.1. The lowest BCUT2D eigenvalue weighted by atomic mass is 9.90. The third kappa shape index (κ3) is 2.73. The Morgan fingerprint density at radius 2 is 1.75 bits per heavy atom. The number of pyridine rings is 1. The number of nitrogen functional groups attached to an aromatic ring is 1. The van der Waals surface area contributed by atoms with E-state index in [2.05, 4.69) is 11.1 Å². The standard InChI is InChI=1S/C20H16ClN3/c1-2-14-18(15-10-6-7-11-17(15)21)16(12-22)20(23)24-19(14)13-8-4-3-5-9-13/h3-11H,2H2,1H3,(H2,23,24). The fourth-order valence-corrected chi connectivity index (χ4v) is 3.12. The summed E-state index contributed by atoms with van der Waals surface area (Å²) in [4.78, 5) is 4.51. The van der Waals surface area contributed by atoms with Gasteiger partial charge < -0.3 is 5.73 Å². The molecule has 2 N–H and O–H groups in total. The molecular weight excluding hydrogens is 318 g/mol. The number of anilines is 1. The van der Waals surface area contributed by atoms with Crippen molar-refractivity contribution < 1.29 is 0 Å². The Bertz CT molecular complexity index is 928. The monoisotopic (exact) mass is 333 g/mol. The number of nitrogens with two attached hydrogens (primary N) is 1. The number of aromatic nitrogens is 1. The van der Waals surface area contributed by atoms with Crippen LogP contribution in [-0.2, 0) is 6.42 Å².